The van der Waals surface area contributed by atoms with E-state index in [9.17, 15) is 0 Å². The lowest BCUT2D eigenvalue weighted by Crippen LogP contribution is -2.02. The van der Waals surface area contributed by atoms with E-state index in [1.54, 1.807) is 0 Å². The molecule has 56 valence electrons. The van der Waals surface area contributed by atoms with Crippen molar-refractivity contribution in [1.82, 2.24) is 0 Å². The Bertz CT molecular complexity index is 63.9. The highest BCUT2D eigenvalue weighted by Crippen LogP contribution is 2.14. The summed E-state index contributed by atoms with van der Waals surface area (Å²) < 4.78 is 0. The second-order valence-corrected chi connectivity index (χ2v) is 4.14. The first-order chi connectivity index (χ1) is 4.16. The second-order valence-electron chi connectivity index (χ2n) is 2.60. The molecule has 0 aliphatic heterocycles. The minimum absolute atomic E-state index is 0.332. The molecule has 0 bridgehead atoms. The van der Waals surface area contributed by atoms with Crippen molar-refractivity contribution in [2.24, 2.45) is 5.92 Å². The van der Waals surface area contributed by atoms with Crippen LogP contribution in [0, 0.1) is 5.92 Å². The van der Waals surface area contributed by atoms with E-state index in [0.29, 0.717) is 5.38 Å². The molecule has 0 aromatic carbocycles. The van der Waals surface area contributed by atoms with Gasteiger partial charge in [0.05, 0.1) is 0 Å². The SMILES string of the molecule is CC(Cl)CC(C)CCBr. The van der Waals surface area contributed by atoms with Crippen molar-refractivity contribution in [3.63, 3.8) is 0 Å². The van der Waals surface area contributed by atoms with Gasteiger partial charge in [0, 0.05) is 10.7 Å². The molecule has 0 aromatic rings. The van der Waals surface area contributed by atoms with Crippen LogP contribution in [0.2, 0.25) is 0 Å². The molecule has 0 saturated heterocycles. The van der Waals surface area contributed by atoms with Gasteiger partial charge >= 0.3 is 0 Å². The van der Waals surface area contributed by atoms with Gasteiger partial charge in [0.2, 0.25) is 0 Å². The van der Waals surface area contributed by atoms with Crippen molar-refractivity contribution in [1.29, 1.82) is 0 Å². The molecule has 0 spiro atoms. The first-order valence-electron chi connectivity index (χ1n) is 3.36. The van der Waals surface area contributed by atoms with Gasteiger partial charge in [-0.3, -0.25) is 0 Å². The van der Waals surface area contributed by atoms with Crippen molar-refractivity contribution < 1.29 is 0 Å². The minimum Gasteiger partial charge on any atom is -0.123 e. The maximum Gasteiger partial charge on any atom is 0.0310 e. The predicted octanol–water partition coefficient (Wildman–Crippen LogP) is 3.42. The normalized spacial score (nSPS) is 17.3. The Morgan fingerprint density at radius 3 is 2.33 bits per heavy atom. The van der Waals surface area contributed by atoms with Crippen LogP contribution in [-0.2, 0) is 0 Å². The molecule has 0 N–H and O–H groups in total. The van der Waals surface area contributed by atoms with E-state index in [1.807, 2.05) is 6.92 Å². The zero-order chi connectivity index (χ0) is 7.28. The third-order valence-electron chi connectivity index (χ3n) is 1.33. The third-order valence-corrected chi connectivity index (χ3v) is 1.97. The first-order valence-corrected chi connectivity index (χ1v) is 4.92. The van der Waals surface area contributed by atoms with Gasteiger partial charge in [0.25, 0.3) is 0 Å². The van der Waals surface area contributed by atoms with Crippen LogP contribution < -0.4 is 0 Å². The number of alkyl halides is 2. The zero-order valence-corrected chi connectivity index (χ0v) is 8.37. The Labute approximate surface area is 71.1 Å². The molecule has 0 fully saturated rings. The molecule has 0 radical (unpaired) electrons. The van der Waals surface area contributed by atoms with Crippen LogP contribution in [0.1, 0.15) is 26.7 Å². The molecule has 2 heteroatoms. The molecule has 0 heterocycles. The molecule has 9 heavy (non-hydrogen) atoms. The van der Waals surface area contributed by atoms with Crippen molar-refractivity contribution in [2.75, 3.05) is 5.33 Å². The quantitative estimate of drug-likeness (QED) is 0.628. The molecule has 0 rings (SSSR count). The summed E-state index contributed by atoms with van der Waals surface area (Å²) in [4.78, 5) is 0. The first kappa shape index (κ1) is 9.77. The van der Waals surface area contributed by atoms with Gasteiger partial charge in [0.1, 0.15) is 0 Å². The molecular formula is C7H14BrCl. The van der Waals surface area contributed by atoms with Crippen molar-refractivity contribution in [3.05, 3.63) is 0 Å². The highest BCUT2D eigenvalue weighted by Gasteiger charge is 2.04. The van der Waals surface area contributed by atoms with Crippen LogP contribution in [0.15, 0.2) is 0 Å². The zero-order valence-electron chi connectivity index (χ0n) is 6.03. The fraction of sp³-hybridized carbons (Fsp3) is 1.00. The molecule has 0 aliphatic carbocycles. The standard InChI is InChI=1S/C7H14BrCl/c1-6(3-4-8)5-7(2)9/h6-7H,3-5H2,1-2H3. The predicted molar refractivity (Wildman–Crippen MR) is 47.5 cm³/mol. The summed E-state index contributed by atoms with van der Waals surface area (Å²) in [6.45, 7) is 4.28. The van der Waals surface area contributed by atoms with E-state index in [4.69, 9.17) is 11.6 Å². The molecule has 2 atom stereocenters. The summed E-state index contributed by atoms with van der Waals surface area (Å²) in [7, 11) is 0. The fourth-order valence-corrected chi connectivity index (χ4v) is 1.94. The van der Waals surface area contributed by atoms with Crippen LogP contribution in [0.4, 0.5) is 0 Å². The minimum atomic E-state index is 0.332. The summed E-state index contributed by atoms with van der Waals surface area (Å²) in [6.07, 6.45) is 2.37. The fourth-order valence-electron chi connectivity index (χ4n) is 0.859. The van der Waals surface area contributed by atoms with Gasteiger partial charge in [-0.25, -0.2) is 0 Å². The van der Waals surface area contributed by atoms with E-state index >= 15 is 0 Å². The molecular weight excluding hydrogens is 199 g/mol. The van der Waals surface area contributed by atoms with E-state index in [-0.39, 0.29) is 0 Å². The summed E-state index contributed by atoms with van der Waals surface area (Å²) in [5.41, 5.74) is 0. The maximum atomic E-state index is 5.79. The lowest BCUT2D eigenvalue weighted by Gasteiger charge is -2.09. The Morgan fingerprint density at radius 2 is 2.00 bits per heavy atom. The Kier molecular flexibility index (Phi) is 6.02. The van der Waals surface area contributed by atoms with Gasteiger partial charge in [-0.2, -0.15) is 0 Å². The summed E-state index contributed by atoms with van der Waals surface area (Å²) in [6, 6.07) is 0. The van der Waals surface area contributed by atoms with E-state index in [1.165, 1.54) is 6.42 Å². The van der Waals surface area contributed by atoms with E-state index in [2.05, 4.69) is 22.9 Å². The van der Waals surface area contributed by atoms with Crippen LogP contribution >= 0.6 is 27.5 Å². The number of hydrogen-bond donors (Lipinski definition) is 0. The summed E-state index contributed by atoms with van der Waals surface area (Å²) >= 11 is 9.19. The number of halogens is 2. The smallest absolute Gasteiger partial charge is 0.0310 e. The van der Waals surface area contributed by atoms with Crippen LogP contribution in [0.3, 0.4) is 0 Å². The summed E-state index contributed by atoms with van der Waals surface area (Å²) in [5, 5.41) is 1.43. The molecule has 0 nitrogen and oxygen atoms in total. The second kappa shape index (κ2) is 5.55. The van der Waals surface area contributed by atoms with Crippen LogP contribution in [0.25, 0.3) is 0 Å². The van der Waals surface area contributed by atoms with Gasteiger partial charge in [0.15, 0.2) is 0 Å². The topological polar surface area (TPSA) is 0 Å². The van der Waals surface area contributed by atoms with Crippen molar-refractivity contribution in [3.8, 4) is 0 Å². The Morgan fingerprint density at radius 1 is 1.44 bits per heavy atom. The molecule has 0 saturated carbocycles. The highest BCUT2D eigenvalue weighted by molar-refractivity contribution is 9.09. The monoisotopic (exact) mass is 212 g/mol. The van der Waals surface area contributed by atoms with Gasteiger partial charge in [-0.1, -0.05) is 22.9 Å². The molecule has 0 aromatic heterocycles. The Hall–Kier alpha value is 0.770. The van der Waals surface area contributed by atoms with Crippen LogP contribution in [0.5, 0.6) is 0 Å². The number of rotatable bonds is 4. The van der Waals surface area contributed by atoms with Gasteiger partial charge in [-0.15, -0.1) is 11.6 Å². The highest BCUT2D eigenvalue weighted by atomic mass is 79.9. The lowest BCUT2D eigenvalue weighted by molar-refractivity contribution is 0.518. The largest absolute Gasteiger partial charge is 0.123 e. The van der Waals surface area contributed by atoms with Crippen LogP contribution in [-0.4, -0.2) is 10.7 Å². The van der Waals surface area contributed by atoms with E-state index < -0.39 is 0 Å². The van der Waals surface area contributed by atoms with Crippen molar-refractivity contribution >= 4 is 27.5 Å². The number of hydrogen-bond acceptors (Lipinski definition) is 0. The molecule has 0 amide bonds. The van der Waals surface area contributed by atoms with Crippen molar-refractivity contribution in [2.45, 2.75) is 32.1 Å². The summed E-state index contributed by atoms with van der Waals surface area (Å²) in [5.74, 6) is 0.761. The average molecular weight is 214 g/mol. The third kappa shape index (κ3) is 6.66. The maximum absolute atomic E-state index is 5.79. The lowest BCUT2D eigenvalue weighted by atomic mass is 10.0. The van der Waals surface area contributed by atoms with Gasteiger partial charge < -0.3 is 0 Å². The Balaban J connectivity index is 3.15. The average Bonchev–Trinajstić information content (AvgIpc) is 1.63. The van der Waals surface area contributed by atoms with Gasteiger partial charge in [-0.05, 0) is 25.7 Å². The molecule has 0 aliphatic rings. The molecule has 2 unspecified atom stereocenters. The van der Waals surface area contributed by atoms with E-state index in [0.717, 1.165) is 17.7 Å².